The number of nitrogens with two attached hydrogens (primary N) is 2. The largest absolute Gasteiger partial charge is 0.496 e. The number of hydrogen-bond donors (Lipinski definition) is 2. The van der Waals surface area contributed by atoms with Crippen molar-refractivity contribution in [2.75, 3.05) is 25.7 Å². The van der Waals surface area contributed by atoms with Crippen molar-refractivity contribution >= 4 is 34.1 Å². The maximum absolute atomic E-state index is 6.47. The van der Waals surface area contributed by atoms with Crippen LogP contribution in [-0.2, 0) is 0 Å². The molecule has 0 atom stereocenters. The lowest BCUT2D eigenvalue weighted by atomic mass is 10.1. The zero-order chi connectivity index (χ0) is 17.4. The molecule has 1 aromatic carbocycles. The smallest absolute Gasteiger partial charge is 0.164 e. The Morgan fingerprint density at radius 3 is 2.42 bits per heavy atom. The van der Waals surface area contributed by atoms with Crippen LogP contribution in [0.25, 0.3) is 22.3 Å². The first-order chi connectivity index (χ1) is 11.5. The summed E-state index contributed by atoms with van der Waals surface area (Å²) in [7, 11) is 3.10. The van der Waals surface area contributed by atoms with Crippen molar-refractivity contribution in [3.8, 4) is 22.9 Å². The van der Waals surface area contributed by atoms with Gasteiger partial charge in [-0.15, -0.1) is 0 Å². The molecule has 124 valence electrons. The summed E-state index contributed by atoms with van der Waals surface area (Å²) < 4.78 is 10.7. The Hall–Kier alpha value is -2.80. The molecule has 24 heavy (non-hydrogen) atoms. The molecule has 0 fully saturated rings. The third-order valence-electron chi connectivity index (χ3n) is 3.74. The summed E-state index contributed by atoms with van der Waals surface area (Å²) in [6.07, 6.45) is 1.55. The molecule has 3 aromatic rings. The Labute approximate surface area is 143 Å². The van der Waals surface area contributed by atoms with E-state index in [0.717, 1.165) is 5.56 Å². The Bertz CT molecular complexity index is 917. The first-order valence-electron chi connectivity index (χ1n) is 7.06. The van der Waals surface area contributed by atoms with Crippen molar-refractivity contribution < 1.29 is 9.47 Å². The molecule has 4 N–H and O–H groups in total. The van der Waals surface area contributed by atoms with Crippen LogP contribution in [0, 0.1) is 6.92 Å². The van der Waals surface area contributed by atoms with Crippen LogP contribution in [0.5, 0.6) is 11.5 Å². The van der Waals surface area contributed by atoms with Crippen LogP contribution in [0.15, 0.2) is 18.3 Å². The summed E-state index contributed by atoms with van der Waals surface area (Å²) in [5.74, 6) is 2.09. The number of ether oxygens (including phenoxy) is 2. The van der Waals surface area contributed by atoms with Crippen LogP contribution in [0.3, 0.4) is 0 Å². The highest BCUT2D eigenvalue weighted by Gasteiger charge is 2.20. The van der Waals surface area contributed by atoms with Crippen LogP contribution in [0.2, 0.25) is 5.02 Å². The molecule has 0 aliphatic rings. The molecule has 0 aliphatic heterocycles. The number of fused-ring (bicyclic) bond motifs is 1. The van der Waals surface area contributed by atoms with Crippen LogP contribution < -0.4 is 20.9 Å². The van der Waals surface area contributed by atoms with Gasteiger partial charge >= 0.3 is 0 Å². The molecule has 0 spiro atoms. The highest BCUT2D eigenvalue weighted by molar-refractivity contribution is 6.35. The first-order valence-corrected chi connectivity index (χ1v) is 7.44. The summed E-state index contributed by atoms with van der Waals surface area (Å²) in [4.78, 5) is 12.9. The van der Waals surface area contributed by atoms with E-state index in [4.69, 9.17) is 32.5 Å². The number of rotatable bonds is 3. The summed E-state index contributed by atoms with van der Waals surface area (Å²) in [6.45, 7) is 1.87. The lowest BCUT2D eigenvalue weighted by Crippen LogP contribution is -2.02. The highest BCUT2D eigenvalue weighted by Crippen LogP contribution is 2.42. The maximum atomic E-state index is 6.47. The summed E-state index contributed by atoms with van der Waals surface area (Å²) >= 11 is 6.47. The maximum Gasteiger partial charge on any atom is 0.164 e. The van der Waals surface area contributed by atoms with E-state index in [-0.39, 0.29) is 0 Å². The minimum Gasteiger partial charge on any atom is -0.496 e. The number of nitrogen functional groups attached to an aromatic ring is 2. The monoisotopic (exact) mass is 345 g/mol. The number of anilines is 2. The molecule has 0 radical (unpaired) electrons. The Balaban J connectivity index is 2.33. The summed E-state index contributed by atoms with van der Waals surface area (Å²) in [5, 5.41) is 1.02. The molecule has 2 aromatic heterocycles. The number of aromatic nitrogens is 3. The fourth-order valence-electron chi connectivity index (χ4n) is 2.51. The molecule has 0 saturated carbocycles. The highest BCUT2D eigenvalue weighted by atomic mass is 35.5. The molecule has 0 saturated heterocycles. The van der Waals surface area contributed by atoms with E-state index in [1.54, 1.807) is 25.4 Å². The van der Waals surface area contributed by atoms with E-state index in [9.17, 15) is 0 Å². The molecular weight excluding hydrogens is 330 g/mol. The fraction of sp³-hybridized carbons (Fsp3) is 0.188. The number of benzene rings is 1. The van der Waals surface area contributed by atoms with Crippen LogP contribution in [-0.4, -0.2) is 29.2 Å². The zero-order valence-corrected chi connectivity index (χ0v) is 14.2. The Kier molecular flexibility index (Phi) is 4.02. The van der Waals surface area contributed by atoms with Gasteiger partial charge in [0.1, 0.15) is 23.1 Å². The zero-order valence-electron chi connectivity index (χ0n) is 13.4. The van der Waals surface area contributed by atoms with E-state index in [1.165, 1.54) is 7.11 Å². The van der Waals surface area contributed by atoms with Crippen LogP contribution in [0.4, 0.5) is 11.6 Å². The van der Waals surface area contributed by atoms with Crippen molar-refractivity contribution in [3.63, 3.8) is 0 Å². The Morgan fingerprint density at radius 1 is 1.04 bits per heavy atom. The predicted molar refractivity (Wildman–Crippen MR) is 94.4 cm³/mol. The van der Waals surface area contributed by atoms with Crippen molar-refractivity contribution in [2.24, 2.45) is 0 Å². The number of hydrogen-bond acceptors (Lipinski definition) is 7. The number of methoxy groups -OCH3 is 2. The van der Waals surface area contributed by atoms with E-state index >= 15 is 0 Å². The second-order valence-electron chi connectivity index (χ2n) is 5.15. The molecule has 0 bridgehead atoms. The number of nitrogens with zero attached hydrogens (tertiary/aromatic N) is 3. The molecule has 0 unspecified atom stereocenters. The normalized spacial score (nSPS) is 10.8. The molecule has 2 heterocycles. The topological polar surface area (TPSA) is 109 Å². The average molecular weight is 346 g/mol. The predicted octanol–water partition coefficient (Wildman–Crippen LogP) is 2.84. The Morgan fingerprint density at radius 2 is 1.75 bits per heavy atom. The van der Waals surface area contributed by atoms with Gasteiger partial charge in [0.25, 0.3) is 0 Å². The third kappa shape index (κ3) is 2.52. The number of pyridine rings is 1. The second-order valence-corrected chi connectivity index (χ2v) is 5.53. The van der Waals surface area contributed by atoms with Crippen molar-refractivity contribution in [1.82, 2.24) is 15.0 Å². The van der Waals surface area contributed by atoms with Crippen molar-refractivity contribution in [1.29, 1.82) is 0 Å². The van der Waals surface area contributed by atoms with Gasteiger partial charge in [-0.1, -0.05) is 11.6 Å². The van der Waals surface area contributed by atoms with Gasteiger partial charge in [0.05, 0.1) is 31.0 Å². The lowest BCUT2D eigenvalue weighted by Gasteiger charge is -2.15. The second kappa shape index (κ2) is 6.01. The van der Waals surface area contributed by atoms with Gasteiger partial charge in [0, 0.05) is 22.6 Å². The SMILES string of the molecule is COc1cc(OC)c(Cl)c(-c2nc(N)c3cc(N)ncc3n2)c1C. The average Bonchev–Trinajstić information content (AvgIpc) is 2.56. The van der Waals surface area contributed by atoms with E-state index in [2.05, 4.69) is 15.0 Å². The van der Waals surface area contributed by atoms with Gasteiger partial charge in [-0.2, -0.15) is 0 Å². The first kappa shape index (κ1) is 16.1. The lowest BCUT2D eigenvalue weighted by molar-refractivity contribution is 0.393. The van der Waals surface area contributed by atoms with E-state index < -0.39 is 0 Å². The molecule has 3 rings (SSSR count). The van der Waals surface area contributed by atoms with Crippen molar-refractivity contribution in [2.45, 2.75) is 6.92 Å². The van der Waals surface area contributed by atoms with Crippen LogP contribution in [0.1, 0.15) is 5.56 Å². The van der Waals surface area contributed by atoms with Crippen molar-refractivity contribution in [3.05, 3.63) is 28.9 Å². The molecule has 0 aliphatic carbocycles. The quantitative estimate of drug-likeness (QED) is 0.751. The summed E-state index contributed by atoms with van der Waals surface area (Å²) in [6, 6.07) is 3.35. The number of halogens is 1. The van der Waals surface area contributed by atoms with E-state index in [0.29, 0.717) is 50.4 Å². The van der Waals surface area contributed by atoms with Gasteiger partial charge in [-0.05, 0) is 13.0 Å². The molecule has 8 heteroatoms. The minimum absolute atomic E-state index is 0.293. The molecular formula is C16H16ClN5O2. The van der Waals surface area contributed by atoms with Gasteiger partial charge in [0.2, 0.25) is 0 Å². The summed E-state index contributed by atoms with van der Waals surface area (Å²) in [5.41, 5.74) is 13.7. The van der Waals surface area contributed by atoms with Gasteiger partial charge in [-0.3, -0.25) is 0 Å². The van der Waals surface area contributed by atoms with Crippen LogP contribution >= 0.6 is 11.6 Å². The van der Waals surface area contributed by atoms with Gasteiger partial charge in [0.15, 0.2) is 5.82 Å². The van der Waals surface area contributed by atoms with E-state index in [1.807, 2.05) is 6.92 Å². The standard InChI is InChI=1S/C16H16ClN5O2/c1-7-10(23-2)5-11(24-3)14(17)13(7)16-21-9-6-20-12(18)4-8(9)15(19)22-16/h4-6H,1-3H3,(H2,18,20)(H2,19,21,22). The molecule has 7 nitrogen and oxygen atoms in total. The minimum atomic E-state index is 0.293. The molecule has 0 amide bonds. The van der Waals surface area contributed by atoms with Gasteiger partial charge < -0.3 is 20.9 Å². The third-order valence-corrected chi connectivity index (χ3v) is 4.11. The van der Waals surface area contributed by atoms with Gasteiger partial charge in [-0.25, -0.2) is 15.0 Å². The fourth-order valence-corrected chi connectivity index (χ4v) is 2.87.